The third-order valence-corrected chi connectivity index (χ3v) is 3.97. The molecular weight excluding hydrogens is 311 g/mol. The summed E-state index contributed by atoms with van der Waals surface area (Å²) in [6, 6.07) is 5.55. The predicted octanol–water partition coefficient (Wildman–Crippen LogP) is 2.25. The van der Waals surface area contributed by atoms with Crippen LogP contribution in [0.3, 0.4) is 0 Å². The first-order valence-corrected chi connectivity index (χ1v) is 8.40. The number of nitrogens with one attached hydrogen (secondary N) is 1. The summed E-state index contributed by atoms with van der Waals surface area (Å²) in [6.07, 6.45) is 1.81. The Morgan fingerprint density at radius 1 is 1.38 bits per heavy atom. The van der Waals surface area contributed by atoms with Crippen molar-refractivity contribution in [1.29, 1.82) is 0 Å². The van der Waals surface area contributed by atoms with E-state index in [1.165, 1.54) is 12.1 Å². The Balaban J connectivity index is 1.84. The molecular formula is C18H25FN2O3. The monoisotopic (exact) mass is 336 g/mol. The van der Waals surface area contributed by atoms with E-state index < -0.39 is 6.04 Å². The number of carbonyl (C=O) groups is 2. The normalized spacial score (nSPS) is 17.6. The summed E-state index contributed by atoms with van der Waals surface area (Å²) in [6.45, 7) is 5.39. The number of hydrogen-bond acceptors (Lipinski definition) is 3. The number of amides is 2. The van der Waals surface area contributed by atoms with Crippen molar-refractivity contribution in [3.05, 3.63) is 35.6 Å². The standard InChI is InChI=1S/C18H25FN2O3/c1-13(2)24-11-3-10-20-18(23)16-8-9-17(22)21(16)12-14-4-6-15(19)7-5-14/h4-7,13,16H,3,8-12H2,1-2H3,(H,20,23)/t16-/m0/s1. The van der Waals surface area contributed by atoms with Gasteiger partial charge in [0.05, 0.1) is 6.10 Å². The van der Waals surface area contributed by atoms with Gasteiger partial charge in [-0.1, -0.05) is 12.1 Å². The first-order valence-electron chi connectivity index (χ1n) is 8.40. The minimum Gasteiger partial charge on any atom is -0.379 e. The van der Waals surface area contributed by atoms with Crippen molar-refractivity contribution in [3.8, 4) is 0 Å². The van der Waals surface area contributed by atoms with Crippen LogP contribution < -0.4 is 5.32 Å². The van der Waals surface area contributed by atoms with Gasteiger partial charge in [0.1, 0.15) is 11.9 Å². The van der Waals surface area contributed by atoms with Gasteiger partial charge in [0.25, 0.3) is 0 Å². The number of rotatable bonds is 8. The van der Waals surface area contributed by atoms with Gasteiger partial charge in [0.15, 0.2) is 0 Å². The van der Waals surface area contributed by atoms with Gasteiger partial charge in [0.2, 0.25) is 11.8 Å². The molecule has 1 heterocycles. The van der Waals surface area contributed by atoms with Crippen LogP contribution in [0.25, 0.3) is 0 Å². The molecule has 0 aliphatic carbocycles. The Labute approximate surface area is 142 Å². The van der Waals surface area contributed by atoms with Gasteiger partial charge in [-0.2, -0.15) is 0 Å². The molecule has 1 aliphatic heterocycles. The molecule has 0 aromatic heterocycles. The number of nitrogens with zero attached hydrogens (tertiary/aromatic N) is 1. The highest BCUT2D eigenvalue weighted by atomic mass is 19.1. The Bertz CT molecular complexity index is 560. The molecule has 2 rings (SSSR count). The van der Waals surface area contributed by atoms with Gasteiger partial charge in [-0.05, 0) is 44.4 Å². The van der Waals surface area contributed by atoms with E-state index in [-0.39, 0.29) is 23.7 Å². The van der Waals surface area contributed by atoms with Gasteiger partial charge >= 0.3 is 0 Å². The Kier molecular flexibility index (Phi) is 6.73. The van der Waals surface area contributed by atoms with Crippen LogP contribution in [0.15, 0.2) is 24.3 Å². The van der Waals surface area contributed by atoms with Crippen molar-refractivity contribution in [2.45, 2.75) is 51.8 Å². The first kappa shape index (κ1) is 18.4. The van der Waals surface area contributed by atoms with Crippen molar-refractivity contribution in [1.82, 2.24) is 10.2 Å². The van der Waals surface area contributed by atoms with E-state index >= 15 is 0 Å². The maximum absolute atomic E-state index is 13.0. The quantitative estimate of drug-likeness (QED) is 0.741. The molecule has 1 saturated heterocycles. The van der Waals surface area contributed by atoms with Crippen molar-refractivity contribution in [2.24, 2.45) is 0 Å². The second-order valence-corrected chi connectivity index (χ2v) is 6.27. The highest BCUT2D eigenvalue weighted by Gasteiger charge is 2.35. The van der Waals surface area contributed by atoms with Crippen LogP contribution in [0.4, 0.5) is 4.39 Å². The maximum atomic E-state index is 13.0. The van der Waals surface area contributed by atoms with Crippen molar-refractivity contribution in [3.63, 3.8) is 0 Å². The van der Waals surface area contributed by atoms with Crippen LogP contribution >= 0.6 is 0 Å². The summed E-state index contributed by atoms with van der Waals surface area (Å²) in [5.74, 6) is -0.487. The van der Waals surface area contributed by atoms with E-state index in [1.54, 1.807) is 17.0 Å². The van der Waals surface area contributed by atoms with Crippen LogP contribution in [0.1, 0.15) is 38.7 Å². The Hall–Kier alpha value is -1.95. The smallest absolute Gasteiger partial charge is 0.242 e. The lowest BCUT2D eigenvalue weighted by Gasteiger charge is -2.24. The van der Waals surface area contributed by atoms with E-state index in [1.807, 2.05) is 13.8 Å². The molecule has 0 saturated carbocycles. The van der Waals surface area contributed by atoms with Crippen LogP contribution in [0, 0.1) is 5.82 Å². The van der Waals surface area contributed by atoms with Crippen molar-refractivity contribution >= 4 is 11.8 Å². The van der Waals surface area contributed by atoms with Gasteiger partial charge in [-0.3, -0.25) is 9.59 Å². The average molecular weight is 336 g/mol. The fraction of sp³-hybridized carbons (Fsp3) is 0.556. The lowest BCUT2D eigenvalue weighted by molar-refractivity contribution is -0.135. The molecule has 5 nitrogen and oxygen atoms in total. The van der Waals surface area contributed by atoms with Gasteiger partial charge in [0, 0.05) is 26.1 Å². The lowest BCUT2D eigenvalue weighted by Crippen LogP contribution is -2.44. The zero-order valence-corrected chi connectivity index (χ0v) is 14.3. The third-order valence-electron chi connectivity index (χ3n) is 3.97. The summed E-state index contributed by atoms with van der Waals surface area (Å²) in [7, 11) is 0. The Morgan fingerprint density at radius 2 is 2.08 bits per heavy atom. The van der Waals surface area contributed by atoms with Gasteiger partial charge in [-0.15, -0.1) is 0 Å². The van der Waals surface area contributed by atoms with Crippen LogP contribution in [0.5, 0.6) is 0 Å². The first-order chi connectivity index (χ1) is 11.5. The number of benzene rings is 1. The molecule has 0 radical (unpaired) electrons. The number of halogens is 1. The van der Waals surface area contributed by atoms with Gasteiger partial charge in [-0.25, -0.2) is 4.39 Å². The molecule has 6 heteroatoms. The second-order valence-electron chi connectivity index (χ2n) is 6.27. The SMILES string of the molecule is CC(C)OCCCNC(=O)[C@@H]1CCC(=O)N1Cc1ccc(F)cc1. The van der Waals surface area contributed by atoms with Crippen LogP contribution in [0.2, 0.25) is 0 Å². The molecule has 1 aromatic rings. The molecule has 0 unspecified atom stereocenters. The lowest BCUT2D eigenvalue weighted by atomic mass is 10.1. The third kappa shape index (κ3) is 5.30. The van der Waals surface area contributed by atoms with E-state index in [0.29, 0.717) is 32.5 Å². The molecule has 1 fully saturated rings. The molecule has 1 aromatic carbocycles. The minimum absolute atomic E-state index is 0.0392. The second kappa shape index (κ2) is 8.78. The fourth-order valence-corrected chi connectivity index (χ4v) is 2.71. The minimum atomic E-state index is -0.450. The highest BCUT2D eigenvalue weighted by Crippen LogP contribution is 2.21. The summed E-state index contributed by atoms with van der Waals surface area (Å²) in [5.41, 5.74) is 0.815. The van der Waals surface area contributed by atoms with E-state index in [4.69, 9.17) is 4.74 Å². The average Bonchev–Trinajstić information content (AvgIpc) is 2.90. The zero-order chi connectivity index (χ0) is 17.5. The fourth-order valence-electron chi connectivity index (χ4n) is 2.71. The molecule has 0 bridgehead atoms. The van der Waals surface area contributed by atoms with Crippen LogP contribution in [-0.4, -0.2) is 42.0 Å². The van der Waals surface area contributed by atoms with E-state index in [9.17, 15) is 14.0 Å². The summed E-state index contributed by atoms with van der Waals surface area (Å²) in [5, 5.41) is 2.87. The topological polar surface area (TPSA) is 58.6 Å². The molecule has 24 heavy (non-hydrogen) atoms. The van der Waals surface area contributed by atoms with Gasteiger partial charge < -0.3 is 15.0 Å². The van der Waals surface area contributed by atoms with Crippen molar-refractivity contribution < 1.29 is 18.7 Å². The van der Waals surface area contributed by atoms with Crippen LogP contribution in [-0.2, 0) is 20.9 Å². The zero-order valence-electron chi connectivity index (χ0n) is 14.3. The molecule has 0 spiro atoms. The predicted molar refractivity (Wildman–Crippen MR) is 88.7 cm³/mol. The molecule has 2 amide bonds. The molecule has 1 aliphatic rings. The summed E-state index contributed by atoms with van der Waals surface area (Å²) >= 11 is 0. The molecule has 132 valence electrons. The molecule has 1 N–H and O–H groups in total. The van der Waals surface area contributed by atoms with Crippen molar-refractivity contribution in [2.75, 3.05) is 13.2 Å². The Morgan fingerprint density at radius 3 is 2.75 bits per heavy atom. The van der Waals surface area contributed by atoms with E-state index in [0.717, 1.165) is 12.0 Å². The largest absolute Gasteiger partial charge is 0.379 e. The van der Waals surface area contributed by atoms with E-state index in [2.05, 4.69) is 5.32 Å². The summed E-state index contributed by atoms with van der Waals surface area (Å²) in [4.78, 5) is 26.0. The summed E-state index contributed by atoms with van der Waals surface area (Å²) < 4.78 is 18.4. The molecule has 1 atom stereocenters. The maximum Gasteiger partial charge on any atom is 0.242 e. The number of carbonyl (C=O) groups excluding carboxylic acids is 2. The number of hydrogen-bond donors (Lipinski definition) is 1. The number of likely N-dealkylation sites (tertiary alicyclic amines) is 1. The highest BCUT2D eigenvalue weighted by molar-refractivity contribution is 5.90. The number of ether oxygens (including phenoxy) is 1.